The van der Waals surface area contributed by atoms with Gasteiger partial charge in [-0.3, -0.25) is 0 Å². The van der Waals surface area contributed by atoms with E-state index in [-0.39, 0.29) is 18.4 Å². The third-order valence-corrected chi connectivity index (χ3v) is 9.46. The van der Waals surface area contributed by atoms with Crippen LogP contribution in [0.15, 0.2) is 110 Å². The largest absolute Gasteiger partial charge is 1.00 e. The summed E-state index contributed by atoms with van der Waals surface area (Å²) in [6.45, 7) is 3.78. The summed E-state index contributed by atoms with van der Waals surface area (Å²) in [6, 6.07) is 18.8. The van der Waals surface area contributed by atoms with Crippen molar-refractivity contribution in [2.45, 2.75) is 19.1 Å². The summed E-state index contributed by atoms with van der Waals surface area (Å²) < 4.78 is 0. The first-order valence-corrected chi connectivity index (χ1v) is 16.1. The van der Waals surface area contributed by atoms with Crippen molar-refractivity contribution in [1.29, 1.82) is 0 Å². The van der Waals surface area contributed by atoms with Crippen LogP contribution in [0.2, 0.25) is 0 Å². The molecule has 0 aliphatic rings. The van der Waals surface area contributed by atoms with Crippen molar-refractivity contribution in [1.82, 2.24) is 0 Å². The maximum atomic E-state index is 11.4. The second-order valence-corrected chi connectivity index (χ2v) is 12.1. The second kappa shape index (κ2) is 14.2. The Kier molecular flexibility index (Phi) is 10.7. The van der Waals surface area contributed by atoms with Crippen LogP contribution in [0, 0.1) is 0 Å². The molecule has 2 nitrogen and oxygen atoms in total. The van der Waals surface area contributed by atoms with Gasteiger partial charge in [0.25, 0.3) is 0 Å². The molecule has 0 bridgehead atoms. The number of hydrogen-bond acceptors (Lipinski definition) is 5. The van der Waals surface area contributed by atoms with Crippen LogP contribution in [0.1, 0.15) is 40.8 Å². The number of halogens is 1. The van der Waals surface area contributed by atoms with E-state index in [0.717, 1.165) is 18.7 Å². The zero-order valence-electron chi connectivity index (χ0n) is 21.0. The quantitative estimate of drug-likeness (QED) is 0.231. The van der Waals surface area contributed by atoms with E-state index in [0.29, 0.717) is 0 Å². The third kappa shape index (κ3) is 7.01. The van der Waals surface area contributed by atoms with E-state index in [1.807, 2.05) is 30.3 Å². The fraction of sp³-hybridized carbons (Fsp3) is 0.161. The summed E-state index contributed by atoms with van der Waals surface area (Å²) in [4.78, 5) is 1.32. The monoisotopic (exact) mass is 595 g/mol. The van der Waals surface area contributed by atoms with Gasteiger partial charge in [0.05, 0.1) is 13.1 Å². The van der Waals surface area contributed by atoms with Crippen LogP contribution < -0.4 is 17.3 Å². The van der Waals surface area contributed by atoms with E-state index >= 15 is 0 Å². The highest BCUT2D eigenvalue weighted by atomic mass is 35.5. The molecule has 4 aromatic heterocycles. The van der Waals surface area contributed by atoms with Crippen LogP contribution in [-0.2, 0) is 0 Å². The summed E-state index contributed by atoms with van der Waals surface area (Å²) in [5.41, 5.74) is 8.52. The fourth-order valence-corrected chi connectivity index (χ4v) is 7.18. The predicted octanol–water partition coefficient (Wildman–Crippen LogP) is 4.51. The Hall–Kier alpha value is -2.29. The highest BCUT2D eigenvalue weighted by molar-refractivity contribution is 7.09. The molecule has 4 heterocycles. The molecule has 196 valence electrons. The van der Waals surface area contributed by atoms with Gasteiger partial charge in [-0.15, -0.1) is 0 Å². The number of hydrogen-bond donors (Lipinski definition) is 2. The number of quaternary nitrogens is 1. The Morgan fingerprint density at radius 3 is 1.42 bits per heavy atom. The van der Waals surface area contributed by atoms with Gasteiger partial charge in [0.2, 0.25) is 0 Å². The van der Waals surface area contributed by atoms with E-state index in [1.54, 1.807) is 45.3 Å². The van der Waals surface area contributed by atoms with Crippen LogP contribution in [0.5, 0.6) is 0 Å². The molecule has 0 aliphatic heterocycles. The van der Waals surface area contributed by atoms with Crippen molar-refractivity contribution in [3.8, 4) is 0 Å². The number of nitrogens with one attached hydrogen (secondary N) is 1. The molecule has 2 unspecified atom stereocenters. The highest BCUT2D eigenvalue weighted by Crippen LogP contribution is 2.28. The van der Waals surface area contributed by atoms with Gasteiger partial charge in [0, 0.05) is 0 Å². The van der Waals surface area contributed by atoms with E-state index in [1.165, 1.54) is 38.3 Å². The van der Waals surface area contributed by atoms with E-state index in [4.69, 9.17) is 0 Å². The van der Waals surface area contributed by atoms with Crippen LogP contribution >= 0.6 is 45.3 Å². The Morgan fingerprint density at radius 2 is 1.08 bits per heavy atom. The summed E-state index contributed by atoms with van der Waals surface area (Å²) >= 11 is 6.91. The lowest BCUT2D eigenvalue weighted by molar-refractivity contribution is -0.916. The Morgan fingerprint density at radius 1 is 0.684 bits per heavy atom. The molecule has 0 saturated heterocycles. The maximum Gasteiger partial charge on any atom is 0.130 e. The average Bonchev–Trinajstić information content (AvgIpc) is 3.76. The molecule has 1 aromatic carbocycles. The van der Waals surface area contributed by atoms with Gasteiger partial charge < -0.3 is 22.4 Å². The van der Waals surface area contributed by atoms with E-state index in [9.17, 15) is 5.11 Å². The second-order valence-electron chi connectivity index (χ2n) is 8.99. The van der Waals surface area contributed by atoms with Gasteiger partial charge in [-0.05, 0) is 125 Å². The molecule has 5 aromatic rings. The van der Waals surface area contributed by atoms with Crippen molar-refractivity contribution in [2.75, 3.05) is 13.1 Å². The summed E-state index contributed by atoms with van der Waals surface area (Å²) in [7, 11) is 0. The lowest BCUT2D eigenvalue weighted by Gasteiger charge is -2.28. The molecular weight excluding hydrogens is 566 g/mol. The lowest BCUT2D eigenvalue weighted by Crippen LogP contribution is -3.15. The molecule has 0 saturated carbocycles. The summed E-state index contributed by atoms with van der Waals surface area (Å²) in [6.07, 6.45) is 4.17. The van der Waals surface area contributed by atoms with Gasteiger partial charge in [-0.25, -0.2) is 0 Å². The minimum Gasteiger partial charge on any atom is -1.00 e. The predicted molar refractivity (Wildman–Crippen MR) is 163 cm³/mol. The molecule has 0 spiro atoms. The first-order valence-electron chi connectivity index (χ1n) is 12.3. The zero-order chi connectivity index (χ0) is 25.5. The molecule has 2 N–H and O–H groups in total. The Labute approximate surface area is 247 Å². The highest BCUT2D eigenvalue weighted by Gasteiger charge is 2.26. The van der Waals surface area contributed by atoms with Gasteiger partial charge in [0.15, 0.2) is 0 Å². The SMILES string of the molecule is CC(C(O)c1ccccc1)[NH+](CC=C(c1ccsc1)c1ccsc1)CC=C(c1ccsc1)c1ccsc1.[Cl-]. The molecule has 5 rings (SSSR count). The standard InChI is InChI=1S/C31H29NOS4.ClH/c1-23(31(33)24-5-3-2-4-6-24)32(13-7-29(25-9-15-34-19-25)26-10-16-35-20-26)14-8-30(27-11-17-36-21-27)28-12-18-37-22-28;/h2-12,15-23,31,33H,13-14H2,1H3;1H. The van der Waals surface area contributed by atoms with Gasteiger partial charge in [-0.2, -0.15) is 45.3 Å². The number of aliphatic hydroxyl groups excluding tert-OH is 1. The van der Waals surface area contributed by atoms with Crippen molar-refractivity contribution in [3.05, 3.63) is 138 Å². The van der Waals surface area contributed by atoms with Crippen molar-refractivity contribution >= 4 is 56.5 Å². The van der Waals surface area contributed by atoms with Gasteiger partial charge in [-0.1, -0.05) is 30.3 Å². The van der Waals surface area contributed by atoms with Crippen LogP contribution in [0.25, 0.3) is 11.1 Å². The molecule has 0 aliphatic carbocycles. The average molecular weight is 596 g/mol. The molecule has 7 heteroatoms. The molecule has 0 amide bonds. The van der Waals surface area contributed by atoms with Crippen molar-refractivity contribution in [3.63, 3.8) is 0 Å². The third-order valence-electron chi connectivity index (χ3n) is 6.72. The van der Waals surface area contributed by atoms with Crippen LogP contribution in [-0.4, -0.2) is 24.2 Å². The summed E-state index contributed by atoms with van der Waals surface area (Å²) in [5.74, 6) is 0. The Balaban J connectivity index is 0.00000336. The van der Waals surface area contributed by atoms with Crippen molar-refractivity contribution in [2.24, 2.45) is 0 Å². The molecule has 0 radical (unpaired) electrons. The first-order chi connectivity index (χ1) is 18.2. The van der Waals surface area contributed by atoms with Gasteiger partial charge in [0.1, 0.15) is 12.1 Å². The van der Waals surface area contributed by atoms with E-state index < -0.39 is 6.10 Å². The van der Waals surface area contributed by atoms with E-state index in [2.05, 4.69) is 86.4 Å². The summed E-state index contributed by atoms with van der Waals surface area (Å²) in [5, 5.41) is 28.8. The first kappa shape index (κ1) is 28.7. The smallest absolute Gasteiger partial charge is 0.130 e. The molecular formula is C31H30ClNOS4. The Bertz CT molecular complexity index is 1230. The normalized spacial score (nSPS) is 12.5. The number of thiophene rings is 4. The van der Waals surface area contributed by atoms with Crippen molar-refractivity contribution < 1.29 is 22.4 Å². The minimum absolute atomic E-state index is 0. The lowest BCUT2D eigenvalue weighted by atomic mass is 9.99. The molecule has 2 atom stereocenters. The molecule has 0 fully saturated rings. The minimum atomic E-state index is -0.547. The van der Waals surface area contributed by atoms with Gasteiger partial charge >= 0.3 is 0 Å². The topological polar surface area (TPSA) is 24.7 Å². The number of aliphatic hydroxyl groups is 1. The number of benzene rings is 1. The molecule has 38 heavy (non-hydrogen) atoms. The van der Waals surface area contributed by atoms with Crippen LogP contribution in [0.3, 0.4) is 0 Å². The fourth-order valence-electron chi connectivity index (χ4n) is 4.56. The van der Waals surface area contributed by atoms with Crippen LogP contribution in [0.4, 0.5) is 0 Å². The maximum absolute atomic E-state index is 11.4. The number of rotatable bonds is 11. The zero-order valence-corrected chi connectivity index (χ0v) is 25.0.